The summed E-state index contributed by atoms with van der Waals surface area (Å²) in [6.45, 7) is 5.27. The lowest BCUT2D eigenvalue weighted by Crippen LogP contribution is -2.35. The maximum Gasteiger partial charge on any atom is 0.272 e. The Balaban J connectivity index is 1.82. The van der Waals surface area contributed by atoms with Crippen molar-refractivity contribution in [1.29, 1.82) is 0 Å². The second-order valence-corrected chi connectivity index (χ2v) is 8.82. The minimum absolute atomic E-state index is 0.203. The molecule has 0 radical (unpaired) electrons. The van der Waals surface area contributed by atoms with Crippen molar-refractivity contribution >= 4 is 21.6 Å². The average Bonchev–Trinajstić information content (AvgIpc) is 3.00. The monoisotopic (exact) mass is 405 g/mol. The molecule has 0 spiro atoms. The molecule has 0 unspecified atom stereocenters. The molecule has 1 aliphatic heterocycles. The molecule has 8 heteroatoms. The number of aromatic nitrogens is 1. The van der Waals surface area contributed by atoms with Crippen molar-refractivity contribution in [2.24, 2.45) is 7.05 Å². The molecule has 152 valence electrons. The van der Waals surface area contributed by atoms with Crippen LogP contribution >= 0.6 is 0 Å². The van der Waals surface area contributed by atoms with Crippen molar-refractivity contribution < 1.29 is 17.9 Å². The molecule has 1 N–H and O–H groups in total. The zero-order chi connectivity index (χ0) is 20.3. The van der Waals surface area contributed by atoms with Gasteiger partial charge in [-0.25, -0.2) is 8.42 Å². The molecule has 1 amide bonds. The number of sulfonamides is 1. The Labute approximate surface area is 166 Å². The van der Waals surface area contributed by atoms with Gasteiger partial charge in [-0.1, -0.05) is 6.42 Å². The van der Waals surface area contributed by atoms with Crippen LogP contribution in [0.4, 0.5) is 5.69 Å². The zero-order valence-electron chi connectivity index (χ0n) is 16.6. The summed E-state index contributed by atoms with van der Waals surface area (Å²) in [7, 11) is -1.89. The number of benzene rings is 1. The molecule has 2 heterocycles. The van der Waals surface area contributed by atoms with Gasteiger partial charge in [0.2, 0.25) is 10.0 Å². The maximum absolute atomic E-state index is 13.0. The van der Waals surface area contributed by atoms with E-state index in [-0.39, 0.29) is 10.8 Å². The molecule has 1 aromatic carbocycles. The number of rotatable bonds is 6. The molecular weight excluding hydrogens is 378 g/mol. The van der Waals surface area contributed by atoms with E-state index in [1.807, 2.05) is 6.92 Å². The molecule has 1 aromatic heterocycles. The topological polar surface area (TPSA) is 80.6 Å². The van der Waals surface area contributed by atoms with E-state index in [0.29, 0.717) is 36.8 Å². The van der Waals surface area contributed by atoms with Crippen molar-refractivity contribution in [3.05, 3.63) is 41.7 Å². The Kier molecular flexibility index (Phi) is 6.10. The highest BCUT2D eigenvalue weighted by molar-refractivity contribution is 7.89. The fourth-order valence-electron chi connectivity index (χ4n) is 3.39. The van der Waals surface area contributed by atoms with Gasteiger partial charge in [0.1, 0.15) is 16.3 Å². The predicted molar refractivity (Wildman–Crippen MR) is 108 cm³/mol. The smallest absolute Gasteiger partial charge is 0.272 e. The highest BCUT2D eigenvalue weighted by Crippen LogP contribution is 2.26. The van der Waals surface area contributed by atoms with Crippen LogP contribution in [0.2, 0.25) is 0 Å². The second-order valence-electron chi connectivity index (χ2n) is 6.91. The molecule has 0 saturated carbocycles. The van der Waals surface area contributed by atoms with E-state index in [1.54, 1.807) is 42.8 Å². The fourth-order valence-corrected chi connectivity index (χ4v) is 5.18. The van der Waals surface area contributed by atoms with E-state index in [1.165, 1.54) is 10.4 Å². The number of hydrogen-bond donors (Lipinski definition) is 1. The number of carbonyl (C=O) groups excluding carboxylic acids is 1. The number of piperidine rings is 1. The lowest BCUT2D eigenvalue weighted by atomic mass is 10.2. The molecule has 28 heavy (non-hydrogen) atoms. The first kappa shape index (κ1) is 20.4. The van der Waals surface area contributed by atoms with Crippen molar-refractivity contribution in [2.45, 2.75) is 38.0 Å². The Bertz CT molecular complexity index is 943. The average molecular weight is 406 g/mol. The number of carbonyl (C=O) groups is 1. The van der Waals surface area contributed by atoms with E-state index >= 15 is 0 Å². The Morgan fingerprint density at radius 1 is 1.14 bits per heavy atom. The number of anilines is 1. The van der Waals surface area contributed by atoms with Crippen LogP contribution in [0.15, 0.2) is 35.2 Å². The van der Waals surface area contributed by atoms with Crippen LogP contribution in [0.5, 0.6) is 5.75 Å². The van der Waals surface area contributed by atoms with Gasteiger partial charge >= 0.3 is 0 Å². The third-order valence-corrected chi connectivity index (χ3v) is 7.09. The minimum atomic E-state index is -3.60. The third-order valence-electron chi connectivity index (χ3n) is 5.08. The van der Waals surface area contributed by atoms with E-state index < -0.39 is 10.0 Å². The van der Waals surface area contributed by atoms with Crippen LogP contribution in [0.1, 0.15) is 42.4 Å². The van der Waals surface area contributed by atoms with E-state index in [0.717, 1.165) is 25.0 Å². The summed E-state index contributed by atoms with van der Waals surface area (Å²) in [5.74, 6) is 0.375. The van der Waals surface area contributed by atoms with Crippen LogP contribution in [0.25, 0.3) is 0 Å². The van der Waals surface area contributed by atoms with Crippen LogP contribution < -0.4 is 10.1 Å². The first-order valence-electron chi connectivity index (χ1n) is 9.55. The molecule has 1 saturated heterocycles. The number of nitrogens with one attached hydrogen (secondary N) is 1. The van der Waals surface area contributed by atoms with E-state index in [2.05, 4.69) is 5.32 Å². The molecule has 2 aromatic rings. The van der Waals surface area contributed by atoms with Crippen molar-refractivity contribution in [3.63, 3.8) is 0 Å². The summed E-state index contributed by atoms with van der Waals surface area (Å²) in [5.41, 5.74) is 1.48. The van der Waals surface area contributed by atoms with Crippen LogP contribution in [0, 0.1) is 6.92 Å². The molecule has 7 nitrogen and oxygen atoms in total. The van der Waals surface area contributed by atoms with Crippen molar-refractivity contribution in [1.82, 2.24) is 8.87 Å². The first-order valence-corrected chi connectivity index (χ1v) is 11.0. The van der Waals surface area contributed by atoms with Crippen molar-refractivity contribution in [2.75, 3.05) is 25.0 Å². The van der Waals surface area contributed by atoms with Crippen LogP contribution in [-0.4, -0.2) is 42.9 Å². The van der Waals surface area contributed by atoms with E-state index in [4.69, 9.17) is 4.74 Å². The molecule has 1 fully saturated rings. The van der Waals surface area contributed by atoms with Gasteiger partial charge in [0.25, 0.3) is 5.91 Å². The van der Waals surface area contributed by atoms with Crippen LogP contribution in [0.3, 0.4) is 0 Å². The summed E-state index contributed by atoms with van der Waals surface area (Å²) in [4.78, 5) is 12.9. The highest BCUT2D eigenvalue weighted by atomic mass is 32.2. The quantitative estimate of drug-likeness (QED) is 0.800. The second kappa shape index (κ2) is 8.36. The standard InChI is InChI=1S/C20H27N3O4S/c1-4-27-17-10-8-16(9-11-17)21-20(24)18-14-19(15(2)22(18)3)28(25,26)23-12-6-5-7-13-23/h8-11,14H,4-7,12-13H2,1-3H3,(H,21,24). The summed E-state index contributed by atoms with van der Waals surface area (Å²) in [6.07, 6.45) is 2.79. The van der Waals surface area contributed by atoms with Crippen LogP contribution in [-0.2, 0) is 17.1 Å². The SMILES string of the molecule is CCOc1ccc(NC(=O)c2cc(S(=O)(=O)N3CCCCC3)c(C)n2C)cc1. The summed E-state index contributed by atoms with van der Waals surface area (Å²) >= 11 is 0. The summed E-state index contributed by atoms with van der Waals surface area (Å²) in [5, 5.41) is 2.82. The molecule has 3 rings (SSSR count). The Hall–Kier alpha value is -2.32. The van der Waals surface area contributed by atoms with Gasteiger partial charge in [-0.15, -0.1) is 0 Å². The summed E-state index contributed by atoms with van der Waals surface area (Å²) in [6, 6.07) is 8.54. The van der Waals surface area contributed by atoms with Gasteiger partial charge in [-0.2, -0.15) is 4.31 Å². The lowest BCUT2D eigenvalue weighted by molar-refractivity contribution is 0.101. The number of hydrogen-bond acceptors (Lipinski definition) is 4. The first-order chi connectivity index (χ1) is 13.3. The minimum Gasteiger partial charge on any atom is -0.494 e. The maximum atomic E-state index is 13.0. The van der Waals surface area contributed by atoms with Gasteiger partial charge in [0.05, 0.1) is 6.61 Å². The molecular formula is C20H27N3O4S. The molecule has 0 aliphatic carbocycles. The predicted octanol–water partition coefficient (Wildman–Crippen LogP) is 3.16. The van der Waals surface area contributed by atoms with Gasteiger partial charge in [0.15, 0.2) is 0 Å². The molecule has 0 bridgehead atoms. The van der Waals surface area contributed by atoms with Gasteiger partial charge in [0, 0.05) is 31.5 Å². The highest BCUT2D eigenvalue weighted by Gasteiger charge is 2.30. The Morgan fingerprint density at radius 2 is 1.79 bits per heavy atom. The summed E-state index contributed by atoms with van der Waals surface area (Å²) < 4.78 is 34.6. The van der Waals surface area contributed by atoms with Crippen molar-refractivity contribution in [3.8, 4) is 5.75 Å². The van der Waals surface area contributed by atoms with Gasteiger partial charge in [-0.05, 0) is 57.0 Å². The Morgan fingerprint density at radius 3 is 2.39 bits per heavy atom. The van der Waals surface area contributed by atoms with Gasteiger partial charge in [-0.3, -0.25) is 4.79 Å². The van der Waals surface area contributed by atoms with Gasteiger partial charge < -0.3 is 14.6 Å². The molecule has 0 atom stereocenters. The number of nitrogens with zero attached hydrogens (tertiary/aromatic N) is 2. The number of amides is 1. The normalized spacial score (nSPS) is 15.4. The number of ether oxygens (including phenoxy) is 1. The lowest BCUT2D eigenvalue weighted by Gasteiger charge is -2.25. The molecule has 1 aliphatic rings. The fraction of sp³-hybridized carbons (Fsp3) is 0.450. The largest absolute Gasteiger partial charge is 0.494 e. The third kappa shape index (κ3) is 4.07. The zero-order valence-corrected chi connectivity index (χ0v) is 17.4. The van der Waals surface area contributed by atoms with E-state index in [9.17, 15) is 13.2 Å².